The average Bonchev–Trinajstić information content (AvgIpc) is 2.28. The van der Waals surface area contributed by atoms with Crippen molar-refractivity contribution < 1.29 is 9.47 Å². The van der Waals surface area contributed by atoms with Crippen molar-refractivity contribution in [1.29, 1.82) is 0 Å². The van der Waals surface area contributed by atoms with E-state index < -0.39 is 0 Å². The van der Waals surface area contributed by atoms with E-state index in [0.29, 0.717) is 17.0 Å². The van der Waals surface area contributed by atoms with E-state index in [0.717, 1.165) is 11.1 Å². The molecular formula is C11H13N3O2. The molecule has 2 aromatic rings. The summed E-state index contributed by atoms with van der Waals surface area (Å²) in [5.41, 5.74) is 7.12. The van der Waals surface area contributed by atoms with Gasteiger partial charge in [-0.2, -0.15) is 0 Å². The second-order valence-electron chi connectivity index (χ2n) is 3.39. The maximum absolute atomic E-state index is 5.61. The van der Waals surface area contributed by atoms with Gasteiger partial charge in [-0.15, -0.1) is 0 Å². The van der Waals surface area contributed by atoms with Crippen molar-refractivity contribution in [3.8, 4) is 11.5 Å². The largest absolute Gasteiger partial charge is 0.497 e. The van der Waals surface area contributed by atoms with Crippen molar-refractivity contribution in [3.63, 3.8) is 0 Å². The van der Waals surface area contributed by atoms with Crippen LogP contribution in [0.2, 0.25) is 0 Å². The van der Waals surface area contributed by atoms with Gasteiger partial charge in [-0.1, -0.05) is 0 Å². The number of aryl methyl sites for hydroxylation is 1. The predicted octanol–water partition coefficient (Wildman–Crippen LogP) is 1.54. The molecule has 0 saturated heterocycles. The van der Waals surface area contributed by atoms with E-state index in [1.165, 1.54) is 0 Å². The fourth-order valence-corrected chi connectivity index (χ4v) is 1.62. The van der Waals surface area contributed by atoms with Crippen LogP contribution in [-0.2, 0) is 0 Å². The quantitative estimate of drug-likeness (QED) is 0.829. The topological polar surface area (TPSA) is 70.3 Å². The van der Waals surface area contributed by atoms with Crippen LogP contribution in [-0.4, -0.2) is 24.2 Å². The molecule has 0 aliphatic heterocycles. The number of nitrogens with two attached hydrogens (primary N) is 1. The summed E-state index contributed by atoms with van der Waals surface area (Å²) >= 11 is 0. The number of nitrogens with zero attached hydrogens (tertiary/aromatic N) is 2. The van der Waals surface area contributed by atoms with Gasteiger partial charge in [0.2, 0.25) is 5.95 Å². The molecule has 1 heterocycles. The van der Waals surface area contributed by atoms with Crippen molar-refractivity contribution in [2.75, 3.05) is 20.0 Å². The third kappa shape index (κ3) is 1.60. The van der Waals surface area contributed by atoms with E-state index in [4.69, 9.17) is 15.2 Å². The first kappa shape index (κ1) is 10.5. The van der Waals surface area contributed by atoms with Gasteiger partial charge in [0.25, 0.3) is 0 Å². The van der Waals surface area contributed by atoms with E-state index in [9.17, 15) is 0 Å². The summed E-state index contributed by atoms with van der Waals surface area (Å²) in [6.45, 7) is 1.87. The lowest BCUT2D eigenvalue weighted by Gasteiger charge is -2.09. The molecule has 0 fully saturated rings. The zero-order valence-corrected chi connectivity index (χ0v) is 9.44. The van der Waals surface area contributed by atoms with Crippen LogP contribution in [0.4, 0.5) is 5.95 Å². The number of hydrogen-bond donors (Lipinski definition) is 1. The highest BCUT2D eigenvalue weighted by Gasteiger charge is 2.10. The molecule has 0 saturated carbocycles. The van der Waals surface area contributed by atoms with Crippen LogP contribution in [0.15, 0.2) is 12.1 Å². The number of nitrogen functional groups attached to an aromatic ring is 1. The summed E-state index contributed by atoms with van der Waals surface area (Å²) in [7, 11) is 3.19. The number of aromatic nitrogens is 2. The van der Waals surface area contributed by atoms with Gasteiger partial charge >= 0.3 is 0 Å². The van der Waals surface area contributed by atoms with E-state index in [1.807, 2.05) is 13.0 Å². The van der Waals surface area contributed by atoms with Crippen molar-refractivity contribution in [2.45, 2.75) is 6.92 Å². The Labute approximate surface area is 93.2 Å². The number of ether oxygens (including phenoxy) is 2. The summed E-state index contributed by atoms with van der Waals surface area (Å²) < 4.78 is 10.4. The number of methoxy groups -OCH3 is 2. The molecule has 0 aliphatic rings. The van der Waals surface area contributed by atoms with Crippen LogP contribution in [0.1, 0.15) is 5.69 Å². The Bertz CT molecular complexity index is 540. The lowest BCUT2D eigenvalue weighted by atomic mass is 10.1. The first-order valence-corrected chi connectivity index (χ1v) is 4.81. The molecule has 2 N–H and O–H groups in total. The lowest BCUT2D eigenvalue weighted by Crippen LogP contribution is -1.99. The molecule has 0 unspecified atom stereocenters. The minimum absolute atomic E-state index is 0.244. The van der Waals surface area contributed by atoms with Crippen molar-refractivity contribution in [3.05, 3.63) is 17.8 Å². The summed E-state index contributed by atoms with van der Waals surface area (Å²) in [6.07, 6.45) is 0. The second kappa shape index (κ2) is 3.84. The SMILES string of the molecule is COc1cc(OC)c2nc(N)nc(C)c2c1. The molecule has 0 spiro atoms. The number of fused-ring (bicyclic) bond motifs is 1. The second-order valence-corrected chi connectivity index (χ2v) is 3.39. The highest BCUT2D eigenvalue weighted by Crippen LogP contribution is 2.31. The Hall–Kier alpha value is -2.04. The number of anilines is 1. The van der Waals surface area contributed by atoms with Gasteiger partial charge in [0.05, 0.1) is 19.9 Å². The van der Waals surface area contributed by atoms with Crippen molar-refractivity contribution >= 4 is 16.9 Å². The van der Waals surface area contributed by atoms with Gasteiger partial charge in [-0.3, -0.25) is 0 Å². The van der Waals surface area contributed by atoms with Gasteiger partial charge in [-0.25, -0.2) is 9.97 Å². The molecular weight excluding hydrogens is 206 g/mol. The van der Waals surface area contributed by atoms with Gasteiger partial charge in [0, 0.05) is 11.5 Å². The molecule has 2 rings (SSSR count). The van der Waals surface area contributed by atoms with E-state index in [1.54, 1.807) is 20.3 Å². The molecule has 0 aliphatic carbocycles. The molecule has 0 radical (unpaired) electrons. The first-order chi connectivity index (χ1) is 7.65. The van der Waals surface area contributed by atoms with Gasteiger partial charge < -0.3 is 15.2 Å². The highest BCUT2D eigenvalue weighted by atomic mass is 16.5. The van der Waals surface area contributed by atoms with E-state index in [2.05, 4.69) is 9.97 Å². The maximum atomic E-state index is 5.61. The molecule has 0 bridgehead atoms. The molecule has 1 aromatic heterocycles. The lowest BCUT2D eigenvalue weighted by molar-refractivity contribution is 0.397. The minimum atomic E-state index is 0.244. The monoisotopic (exact) mass is 219 g/mol. The third-order valence-corrected chi connectivity index (χ3v) is 2.40. The van der Waals surface area contributed by atoms with Crippen LogP contribution in [0, 0.1) is 6.92 Å². The molecule has 84 valence electrons. The Morgan fingerprint density at radius 3 is 2.50 bits per heavy atom. The van der Waals surface area contributed by atoms with Crippen LogP contribution >= 0.6 is 0 Å². The molecule has 1 aromatic carbocycles. The Morgan fingerprint density at radius 2 is 1.88 bits per heavy atom. The molecule has 0 amide bonds. The smallest absolute Gasteiger partial charge is 0.220 e. The summed E-state index contributed by atoms with van der Waals surface area (Å²) in [4.78, 5) is 8.28. The predicted molar refractivity (Wildman–Crippen MR) is 61.8 cm³/mol. The van der Waals surface area contributed by atoms with Crippen LogP contribution in [0.5, 0.6) is 11.5 Å². The average molecular weight is 219 g/mol. The minimum Gasteiger partial charge on any atom is -0.497 e. The Morgan fingerprint density at radius 1 is 1.12 bits per heavy atom. The number of benzene rings is 1. The normalized spacial score (nSPS) is 10.4. The standard InChI is InChI=1S/C11H13N3O2/c1-6-8-4-7(15-2)5-9(16-3)10(8)14-11(12)13-6/h4-5H,1-3H3,(H2,12,13,14). The van der Waals surface area contributed by atoms with Crippen molar-refractivity contribution in [2.24, 2.45) is 0 Å². The van der Waals surface area contributed by atoms with Crippen LogP contribution < -0.4 is 15.2 Å². The summed E-state index contributed by atoms with van der Waals surface area (Å²) in [6, 6.07) is 3.64. The Kier molecular flexibility index (Phi) is 2.52. The fraction of sp³-hybridized carbons (Fsp3) is 0.273. The van der Waals surface area contributed by atoms with Gasteiger partial charge in [-0.05, 0) is 13.0 Å². The third-order valence-electron chi connectivity index (χ3n) is 2.40. The summed E-state index contributed by atoms with van der Waals surface area (Å²) in [5, 5.41) is 0.880. The van der Waals surface area contributed by atoms with E-state index in [-0.39, 0.29) is 5.95 Å². The molecule has 16 heavy (non-hydrogen) atoms. The van der Waals surface area contributed by atoms with E-state index >= 15 is 0 Å². The number of hydrogen-bond acceptors (Lipinski definition) is 5. The summed E-state index contributed by atoms with van der Waals surface area (Å²) in [5.74, 6) is 1.58. The van der Waals surface area contributed by atoms with Gasteiger partial charge in [0.1, 0.15) is 17.0 Å². The van der Waals surface area contributed by atoms with Gasteiger partial charge in [0.15, 0.2) is 0 Å². The fourth-order valence-electron chi connectivity index (χ4n) is 1.62. The van der Waals surface area contributed by atoms with Crippen LogP contribution in [0.25, 0.3) is 10.9 Å². The Balaban J connectivity index is 2.83. The number of rotatable bonds is 2. The molecule has 0 atom stereocenters. The maximum Gasteiger partial charge on any atom is 0.220 e. The molecule has 5 nitrogen and oxygen atoms in total. The zero-order valence-electron chi connectivity index (χ0n) is 9.44. The van der Waals surface area contributed by atoms with Crippen LogP contribution in [0.3, 0.4) is 0 Å². The van der Waals surface area contributed by atoms with Crippen molar-refractivity contribution in [1.82, 2.24) is 9.97 Å². The highest BCUT2D eigenvalue weighted by molar-refractivity contribution is 5.88. The first-order valence-electron chi connectivity index (χ1n) is 4.81. The molecule has 5 heteroatoms. The zero-order chi connectivity index (χ0) is 11.7.